The van der Waals surface area contributed by atoms with Crippen LogP contribution in [0, 0.1) is 5.92 Å². The van der Waals surface area contributed by atoms with E-state index in [-0.39, 0.29) is 22.4 Å². The third-order valence-electron chi connectivity index (χ3n) is 4.78. The van der Waals surface area contributed by atoms with E-state index in [1.807, 2.05) is 11.0 Å². The molecule has 2 aromatic heterocycles. The molecule has 0 bridgehead atoms. The third-order valence-corrected chi connectivity index (χ3v) is 5.06. The molecule has 0 spiro atoms. The summed E-state index contributed by atoms with van der Waals surface area (Å²) in [6.07, 6.45) is 5.85. The summed E-state index contributed by atoms with van der Waals surface area (Å²) in [5.74, 6) is 1.89. The molecule has 0 radical (unpaired) electrons. The Morgan fingerprint density at radius 3 is 2.71 bits per heavy atom. The van der Waals surface area contributed by atoms with Gasteiger partial charge in [0.1, 0.15) is 16.5 Å². The minimum atomic E-state index is -0.136. The lowest BCUT2D eigenvalue weighted by molar-refractivity contribution is 0.102. The zero-order valence-corrected chi connectivity index (χ0v) is 16.4. The predicted molar refractivity (Wildman–Crippen MR) is 105 cm³/mol. The molecule has 2 aliphatic rings. The van der Waals surface area contributed by atoms with Crippen molar-refractivity contribution in [3.8, 4) is 11.5 Å². The number of allylic oxidation sites excluding steroid dienone is 1. The Kier molecular flexibility index (Phi) is 4.80. The van der Waals surface area contributed by atoms with Gasteiger partial charge >= 0.3 is 0 Å². The van der Waals surface area contributed by atoms with E-state index >= 15 is 0 Å². The second-order valence-corrected chi connectivity index (χ2v) is 7.17. The number of nitrogens with zero attached hydrogens (tertiary/aromatic N) is 4. The van der Waals surface area contributed by atoms with Gasteiger partial charge in [0.05, 0.1) is 32.7 Å². The summed E-state index contributed by atoms with van der Waals surface area (Å²) >= 11 is 6.26. The maximum absolute atomic E-state index is 12.9. The van der Waals surface area contributed by atoms with Gasteiger partial charge in [-0.3, -0.25) is 9.78 Å². The Morgan fingerprint density at radius 1 is 1.29 bits per heavy atom. The first-order valence-electron chi connectivity index (χ1n) is 8.90. The normalized spacial score (nSPS) is 17.6. The minimum absolute atomic E-state index is 0.0245. The van der Waals surface area contributed by atoms with Crippen LogP contribution in [0.3, 0.4) is 0 Å². The molecule has 0 unspecified atom stereocenters. The number of rotatable bonds is 5. The van der Waals surface area contributed by atoms with E-state index in [0.29, 0.717) is 41.9 Å². The minimum Gasteiger partial charge on any atom is -0.493 e. The fourth-order valence-corrected chi connectivity index (χ4v) is 3.50. The maximum atomic E-state index is 12.9. The standard InChI is InChI=1S/C19H20ClN5O3/c1-27-13-6-12(22-7-14(13)28-2)9-25-8-11(5-10-3-4-10)16(26)15-17(20)23-19(21)24-18(15)25/h5-7,10H,3-4,8-9H2,1-2H3,(H2,21,23,24). The van der Waals surface area contributed by atoms with Crippen LogP contribution >= 0.6 is 11.6 Å². The number of methoxy groups -OCH3 is 2. The summed E-state index contributed by atoms with van der Waals surface area (Å²) in [5, 5.41) is 0.0687. The Balaban J connectivity index is 1.74. The third kappa shape index (κ3) is 3.47. The van der Waals surface area contributed by atoms with E-state index in [0.717, 1.165) is 18.5 Å². The number of ether oxygens (including phenoxy) is 2. The van der Waals surface area contributed by atoms with Gasteiger partial charge < -0.3 is 20.1 Å². The molecule has 3 heterocycles. The van der Waals surface area contributed by atoms with Gasteiger partial charge in [0.25, 0.3) is 0 Å². The number of hydrogen-bond acceptors (Lipinski definition) is 8. The molecule has 1 aliphatic carbocycles. The van der Waals surface area contributed by atoms with Gasteiger partial charge in [-0.2, -0.15) is 4.98 Å². The largest absolute Gasteiger partial charge is 0.493 e. The van der Waals surface area contributed by atoms with Gasteiger partial charge in [0.15, 0.2) is 17.3 Å². The summed E-state index contributed by atoms with van der Waals surface area (Å²) in [6.45, 7) is 0.806. The van der Waals surface area contributed by atoms with Crippen molar-refractivity contribution in [2.75, 3.05) is 31.4 Å². The van der Waals surface area contributed by atoms with Gasteiger partial charge in [-0.25, -0.2) is 4.98 Å². The van der Waals surface area contributed by atoms with E-state index in [2.05, 4.69) is 15.0 Å². The summed E-state index contributed by atoms with van der Waals surface area (Å²) in [5.41, 5.74) is 7.50. The van der Waals surface area contributed by atoms with Crippen LogP contribution in [0.4, 0.5) is 11.8 Å². The number of carbonyl (C=O) groups is 1. The molecule has 0 aromatic carbocycles. The number of nitrogens with two attached hydrogens (primary N) is 1. The lowest BCUT2D eigenvalue weighted by Gasteiger charge is -2.31. The Labute approximate surface area is 167 Å². The highest BCUT2D eigenvalue weighted by atomic mass is 35.5. The summed E-state index contributed by atoms with van der Waals surface area (Å²) in [7, 11) is 3.13. The molecule has 0 atom stereocenters. The van der Waals surface area contributed by atoms with Crippen molar-refractivity contribution in [1.82, 2.24) is 15.0 Å². The molecular weight excluding hydrogens is 382 g/mol. The molecule has 4 rings (SSSR count). The second-order valence-electron chi connectivity index (χ2n) is 6.82. The van der Waals surface area contributed by atoms with Gasteiger partial charge in [-0.15, -0.1) is 0 Å². The highest BCUT2D eigenvalue weighted by Crippen LogP contribution is 2.37. The first kappa shape index (κ1) is 18.5. The topological polar surface area (TPSA) is 103 Å². The molecule has 9 heteroatoms. The molecule has 146 valence electrons. The Hall–Kier alpha value is -2.87. The van der Waals surface area contributed by atoms with Crippen molar-refractivity contribution in [2.45, 2.75) is 19.4 Å². The molecule has 2 aromatic rings. The Morgan fingerprint density at radius 2 is 2.04 bits per heavy atom. The molecule has 0 saturated heterocycles. The van der Waals surface area contributed by atoms with E-state index in [4.69, 9.17) is 26.8 Å². The fourth-order valence-electron chi connectivity index (χ4n) is 3.24. The fraction of sp³-hybridized carbons (Fsp3) is 0.368. The van der Waals surface area contributed by atoms with Crippen molar-refractivity contribution >= 4 is 29.2 Å². The molecule has 1 aliphatic heterocycles. The number of hydrogen-bond donors (Lipinski definition) is 1. The van der Waals surface area contributed by atoms with Crippen LogP contribution in [0.25, 0.3) is 0 Å². The number of nitrogen functional groups attached to an aromatic ring is 1. The van der Waals surface area contributed by atoms with Crippen molar-refractivity contribution in [2.24, 2.45) is 5.92 Å². The van der Waals surface area contributed by atoms with Crippen LogP contribution in [0.5, 0.6) is 11.5 Å². The number of anilines is 2. The smallest absolute Gasteiger partial charge is 0.223 e. The van der Waals surface area contributed by atoms with Crippen molar-refractivity contribution in [3.63, 3.8) is 0 Å². The number of halogens is 1. The average molecular weight is 402 g/mol. The lowest BCUT2D eigenvalue weighted by Crippen LogP contribution is -2.35. The van der Waals surface area contributed by atoms with Crippen LogP contribution in [-0.4, -0.2) is 41.5 Å². The number of carbonyl (C=O) groups excluding carboxylic acids is 1. The summed E-state index contributed by atoms with van der Waals surface area (Å²) < 4.78 is 10.6. The first-order valence-corrected chi connectivity index (χ1v) is 9.28. The van der Waals surface area contributed by atoms with Gasteiger partial charge in [-0.1, -0.05) is 17.7 Å². The SMILES string of the molecule is COc1cnc(CN2CC(=CC3CC3)C(=O)c3c(Cl)nc(N)nc32)cc1OC. The second kappa shape index (κ2) is 7.27. The molecule has 28 heavy (non-hydrogen) atoms. The summed E-state index contributed by atoms with van der Waals surface area (Å²) in [6, 6.07) is 1.80. The monoisotopic (exact) mass is 401 g/mol. The quantitative estimate of drug-likeness (QED) is 0.602. The van der Waals surface area contributed by atoms with Crippen LogP contribution < -0.4 is 20.1 Å². The van der Waals surface area contributed by atoms with Gasteiger partial charge in [0.2, 0.25) is 5.95 Å². The predicted octanol–water partition coefficient (Wildman–Crippen LogP) is 2.66. The molecular formula is C19H20ClN5O3. The summed E-state index contributed by atoms with van der Waals surface area (Å²) in [4.78, 5) is 27.6. The lowest BCUT2D eigenvalue weighted by atomic mass is 9.98. The number of ketones is 1. The maximum Gasteiger partial charge on any atom is 0.223 e. The number of pyridine rings is 1. The highest BCUT2D eigenvalue weighted by molar-refractivity contribution is 6.35. The molecule has 1 saturated carbocycles. The number of aromatic nitrogens is 3. The molecule has 1 fully saturated rings. The molecule has 0 amide bonds. The van der Waals surface area contributed by atoms with Crippen LogP contribution in [0.1, 0.15) is 28.9 Å². The van der Waals surface area contributed by atoms with Crippen LogP contribution in [-0.2, 0) is 6.54 Å². The van der Waals surface area contributed by atoms with Gasteiger partial charge in [0, 0.05) is 18.2 Å². The zero-order valence-electron chi connectivity index (χ0n) is 15.6. The zero-order chi connectivity index (χ0) is 19.8. The molecule has 8 nitrogen and oxygen atoms in total. The first-order chi connectivity index (χ1) is 13.5. The molecule has 2 N–H and O–H groups in total. The van der Waals surface area contributed by atoms with Crippen molar-refractivity contribution < 1.29 is 14.3 Å². The van der Waals surface area contributed by atoms with E-state index in [9.17, 15) is 4.79 Å². The van der Waals surface area contributed by atoms with Gasteiger partial charge in [-0.05, 0) is 18.8 Å². The van der Waals surface area contributed by atoms with E-state index < -0.39 is 0 Å². The highest BCUT2D eigenvalue weighted by Gasteiger charge is 2.34. The Bertz CT molecular complexity index is 974. The van der Waals surface area contributed by atoms with Crippen LogP contribution in [0.15, 0.2) is 23.9 Å². The van der Waals surface area contributed by atoms with Crippen molar-refractivity contribution in [1.29, 1.82) is 0 Å². The number of fused-ring (bicyclic) bond motifs is 1. The number of Topliss-reactive ketones (excluding diaryl/α,β-unsaturated/α-hetero) is 1. The van der Waals surface area contributed by atoms with E-state index in [1.54, 1.807) is 26.5 Å². The average Bonchev–Trinajstić information content (AvgIpc) is 3.49. The van der Waals surface area contributed by atoms with E-state index in [1.165, 1.54) is 0 Å². The van der Waals surface area contributed by atoms with Crippen molar-refractivity contribution in [3.05, 3.63) is 40.3 Å². The van der Waals surface area contributed by atoms with Crippen LogP contribution in [0.2, 0.25) is 5.15 Å².